The van der Waals surface area contributed by atoms with Crippen molar-refractivity contribution in [1.29, 1.82) is 0 Å². The van der Waals surface area contributed by atoms with Gasteiger partial charge < -0.3 is 5.32 Å². The highest BCUT2D eigenvalue weighted by Crippen LogP contribution is 2.31. The highest BCUT2D eigenvalue weighted by atomic mass is 35.5. The fourth-order valence-electron chi connectivity index (χ4n) is 2.04. The maximum atomic E-state index is 13.3. The molecule has 114 valence electrons. The van der Waals surface area contributed by atoms with Crippen LogP contribution >= 0.6 is 11.6 Å². The van der Waals surface area contributed by atoms with Gasteiger partial charge in [-0.2, -0.15) is 0 Å². The second-order valence-corrected chi connectivity index (χ2v) is 6.69. The third-order valence-corrected chi connectivity index (χ3v) is 5.14. The lowest BCUT2D eigenvalue weighted by Gasteiger charge is -2.05. The van der Waals surface area contributed by atoms with E-state index in [1.165, 1.54) is 10.7 Å². The minimum atomic E-state index is -3.96. The van der Waals surface area contributed by atoms with Crippen LogP contribution in [0.5, 0.6) is 0 Å². The lowest BCUT2D eigenvalue weighted by molar-refractivity contribution is 0.595. The molecule has 9 heteroatoms. The van der Waals surface area contributed by atoms with Crippen molar-refractivity contribution in [1.82, 2.24) is 14.6 Å². The number of fused-ring (bicyclic) bond motifs is 1. The van der Waals surface area contributed by atoms with E-state index in [1.807, 2.05) is 0 Å². The number of aromatic nitrogens is 3. The summed E-state index contributed by atoms with van der Waals surface area (Å²) in [5.74, 6) is -0.536. The van der Waals surface area contributed by atoms with E-state index in [4.69, 9.17) is 11.6 Å². The molecule has 1 N–H and O–H groups in total. The van der Waals surface area contributed by atoms with E-state index >= 15 is 0 Å². The number of sulfone groups is 1. The van der Waals surface area contributed by atoms with Gasteiger partial charge >= 0.3 is 0 Å². The number of rotatable bonds is 3. The van der Waals surface area contributed by atoms with Gasteiger partial charge in [-0.1, -0.05) is 11.6 Å². The summed E-state index contributed by atoms with van der Waals surface area (Å²) in [4.78, 5) is 3.84. The predicted molar refractivity (Wildman–Crippen MR) is 79.4 cm³/mol. The lowest BCUT2D eigenvalue weighted by Crippen LogP contribution is -2.05. The topological polar surface area (TPSA) is 76.4 Å². The summed E-state index contributed by atoms with van der Waals surface area (Å²) in [5.41, 5.74) is 0.173. The molecule has 2 heterocycles. The van der Waals surface area contributed by atoms with Gasteiger partial charge in [0, 0.05) is 19.4 Å². The molecule has 0 saturated heterocycles. The molecule has 0 atom stereocenters. The zero-order valence-electron chi connectivity index (χ0n) is 11.3. The van der Waals surface area contributed by atoms with E-state index in [1.54, 1.807) is 19.3 Å². The molecule has 0 saturated carbocycles. The Morgan fingerprint density at radius 2 is 2.14 bits per heavy atom. The Balaban J connectivity index is 2.31. The summed E-state index contributed by atoms with van der Waals surface area (Å²) in [7, 11) is -2.41. The van der Waals surface area contributed by atoms with Gasteiger partial charge in [-0.3, -0.25) is 0 Å². The zero-order chi connectivity index (χ0) is 15.9. The first-order valence-corrected chi connectivity index (χ1v) is 8.02. The number of halogens is 2. The van der Waals surface area contributed by atoms with Crippen LogP contribution in [0.15, 0.2) is 46.5 Å². The largest absolute Gasteiger partial charge is 0.370 e. The van der Waals surface area contributed by atoms with E-state index in [2.05, 4.69) is 15.4 Å². The SMILES string of the molecule is CNc1nn2cccnc2c1S(=O)(=O)c1ccc(F)c(Cl)c1. The summed E-state index contributed by atoms with van der Waals surface area (Å²) in [6.45, 7) is 0. The van der Waals surface area contributed by atoms with E-state index in [0.29, 0.717) is 0 Å². The van der Waals surface area contributed by atoms with Crippen LogP contribution in [-0.4, -0.2) is 30.1 Å². The molecule has 0 spiro atoms. The Hall–Kier alpha value is -2.19. The molecule has 0 radical (unpaired) electrons. The van der Waals surface area contributed by atoms with E-state index in [-0.39, 0.29) is 26.3 Å². The number of nitrogens with one attached hydrogen (secondary N) is 1. The molecule has 0 fully saturated rings. The maximum Gasteiger partial charge on any atom is 0.214 e. The van der Waals surface area contributed by atoms with Crippen molar-refractivity contribution in [3.05, 3.63) is 47.5 Å². The molecule has 6 nitrogen and oxygen atoms in total. The van der Waals surface area contributed by atoms with E-state index in [9.17, 15) is 12.8 Å². The summed E-state index contributed by atoms with van der Waals surface area (Å²) in [6.07, 6.45) is 3.05. The van der Waals surface area contributed by atoms with Crippen molar-refractivity contribution in [3.8, 4) is 0 Å². The number of hydrogen-bond donors (Lipinski definition) is 1. The number of anilines is 1. The highest BCUT2D eigenvalue weighted by Gasteiger charge is 2.28. The number of nitrogens with zero attached hydrogens (tertiary/aromatic N) is 3. The monoisotopic (exact) mass is 340 g/mol. The molecule has 0 aliphatic heterocycles. The Morgan fingerprint density at radius 3 is 2.82 bits per heavy atom. The van der Waals surface area contributed by atoms with Gasteiger partial charge in [0.25, 0.3) is 0 Å². The van der Waals surface area contributed by atoms with Crippen molar-refractivity contribution >= 4 is 32.9 Å². The Morgan fingerprint density at radius 1 is 1.36 bits per heavy atom. The first-order valence-electron chi connectivity index (χ1n) is 6.16. The van der Waals surface area contributed by atoms with Crippen LogP contribution in [0.1, 0.15) is 0 Å². The zero-order valence-corrected chi connectivity index (χ0v) is 12.9. The first kappa shape index (κ1) is 14.7. The smallest absolute Gasteiger partial charge is 0.214 e. The minimum absolute atomic E-state index is 0.0849. The molecule has 0 amide bonds. The van der Waals surface area contributed by atoms with Crippen LogP contribution in [0.2, 0.25) is 5.02 Å². The third-order valence-electron chi connectivity index (χ3n) is 3.06. The normalized spacial score (nSPS) is 11.8. The molecule has 1 aromatic carbocycles. The molecule has 0 aliphatic rings. The minimum Gasteiger partial charge on any atom is -0.370 e. The predicted octanol–water partition coefficient (Wildman–Crippen LogP) is 2.40. The molecular weight excluding hydrogens is 331 g/mol. The Bertz CT molecular complexity index is 971. The van der Waals surface area contributed by atoms with E-state index in [0.717, 1.165) is 18.2 Å². The van der Waals surface area contributed by atoms with Crippen molar-refractivity contribution in [2.45, 2.75) is 9.79 Å². The van der Waals surface area contributed by atoms with Gasteiger partial charge in [-0.25, -0.2) is 22.3 Å². The fraction of sp³-hybridized carbons (Fsp3) is 0.0769. The molecular formula is C13H10ClFN4O2S. The second kappa shape index (κ2) is 5.22. The average molecular weight is 341 g/mol. The summed E-state index contributed by atoms with van der Waals surface area (Å²) in [6, 6.07) is 4.86. The first-order chi connectivity index (χ1) is 10.4. The van der Waals surface area contributed by atoms with Gasteiger partial charge in [0.1, 0.15) is 5.82 Å². The molecule has 0 unspecified atom stereocenters. The molecule has 0 aliphatic carbocycles. The van der Waals surface area contributed by atoms with Gasteiger partial charge in [-0.05, 0) is 24.3 Å². The van der Waals surface area contributed by atoms with Gasteiger partial charge in [0.15, 0.2) is 16.4 Å². The third kappa shape index (κ3) is 2.20. The molecule has 22 heavy (non-hydrogen) atoms. The summed E-state index contributed by atoms with van der Waals surface area (Å²) < 4.78 is 40.3. The van der Waals surface area contributed by atoms with Crippen molar-refractivity contribution in [2.75, 3.05) is 12.4 Å². The van der Waals surface area contributed by atoms with Crippen LogP contribution < -0.4 is 5.32 Å². The number of benzene rings is 1. The summed E-state index contributed by atoms with van der Waals surface area (Å²) in [5, 5.41) is 6.58. The summed E-state index contributed by atoms with van der Waals surface area (Å²) >= 11 is 5.68. The molecule has 2 aromatic heterocycles. The lowest BCUT2D eigenvalue weighted by atomic mass is 10.3. The molecule has 0 bridgehead atoms. The van der Waals surface area contributed by atoms with Crippen LogP contribution in [0.3, 0.4) is 0 Å². The maximum absolute atomic E-state index is 13.3. The van der Waals surface area contributed by atoms with E-state index < -0.39 is 15.7 Å². The highest BCUT2D eigenvalue weighted by molar-refractivity contribution is 7.91. The van der Waals surface area contributed by atoms with Crippen LogP contribution in [0.4, 0.5) is 10.2 Å². The van der Waals surface area contributed by atoms with Crippen LogP contribution in [0.25, 0.3) is 5.65 Å². The fourth-order valence-corrected chi connectivity index (χ4v) is 3.82. The molecule has 3 rings (SSSR count). The van der Waals surface area contributed by atoms with Crippen molar-refractivity contribution < 1.29 is 12.8 Å². The van der Waals surface area contributed by atoms with Crippen molar-refractivity contribution in [3.63, 3.8) is 0 Å². The number of hydrogen-bond acceptors (Lipinski definition) is 5. The molecule has 3 aromatic rings. The standard InChI is InChI=1S/C13H10ClFN4O2S/c1-16-12-11(13-17-5-2-6-19(13)18-12)22(20,21)8-3-4-10(15)9(14)7-8/h2-7H,1H3,(H,16,18). The average Bonchev–Trinajstić information content (AvgIpc) is 2.89. The van der Waals surface area contributed by atoms with Gasteiger partial charge in [-0.15, -0.1) is 5.10 Å². The Labute approximate surface area is 130 Å². The van der Waals surface area contributed by atoms with Crippen LogP contribution in [0, 0.1) is 5.82 Å². The van der Waals surface area contributed by atoms with Gasteiger partial charge in [0.05, 0.1) is 9.92 Å². The van der Waals surface area contributed by atoms with Crippen molar-refractivity contribution in [2.24, 2.45) is 0 Å². The Kier molecular flexibility index (Phi) is 3.50. The van der Waals surface area contributed by atoms with Crippen LogP contribution in [-0.2, 0) is 9.84 Å². The van der Waals surface area contributed by atoms with Gasteiger partial charge in [0.2, 0.25) is 9.84 Å². The quantitative estimate of drug-likeness (QED) is 0.741. The second-order valence-electron chi connectivity index (χ2n) is 4.39.